The van der Waals surface area contributed by atoms with E-state index >= 15 is 0 Å². The first kappa shape index (κ1) is 20.3. The van der Waals surface area contributed by atoms with E-state index in [2.05, 4.69) is 33.8 Å². The van der Waals surface area contributed by atoms with Crippen molar-refractivity contribution < 1.29 is 9.13 Å². The summed E-state index contributed by atoms with van der Waals surface area (Å²) in [7, 11) is 0. The number of nitrogens with zero attached hydrogens (tertiary/aromatic N) is 1. The maximum atomic E-state index is 12.4. The first-order chi connectivity index (χ1) is 11.8. The van der Waals surface area contributed by atoms with E-state index in [1.807, 2.05) is 13.0 Å². The smallest absolute Gasteiger partial charge is 0.191 e. The summed E-state index contributed by atoms with van der Waals surface area (Å²) in [6.45, 7) is 3.01. The second kappa shape index (κ2) is 9.59. The minimum Gasteiger partial charge on any atom is -0.487 e. The zero-order valence-electron chi connectivity index (χ0n) is 14.9. The normalized spacial score (nSPS) is 21.2. The van der Waals surface area contributed by atoms with Crippen molar-refractivity contribution in [1.29, 1.82) is 0 Å². The number of hydrogen-bond donors (Lipinski definition) is 2. The number of ether oxygens (including phenoxy) is 1. The van der Waals surface area contributed by atoms with Crippen molar-refractivity contribution in [3.63, 3.8) is 0 Å². The van der Waals surface area contributed by atoms with Crippen LogP contribution in [0, 0.1) is 0 Å². The van der Waals surface area contributed by atoms with Gasteiger partial charge in [-0.1, -0.05) is 18.2 Å². The zero-order chi connectivity index (χ0) is 16.8. The standard InChI is InChI=1S/C19H28FN3O.HI/c1-2-21-18(22-13-7-12-20)23-16-14-19(10-5-6-11-19)24-17-9-4-3-8-15(16)17;/h3-4,8-9,16H,2,5-7,10-14H2,1H3,(H2,21,22,23);1H. The molecule has 25 heavy (non-hydrogen) atoms. The Bertz CT molecular complexity index is 576. The van der Waals surface area contributed by atoms with Crippen LogP contribution in [0.4, 0.5) is 4.39 Å². The minimum atomic E-state index is -0.327. The molecule has 1 atom stereocenters. The Morgan fingerprint density at radius 2 is 2.08 bits per heavy atom. The third-order valence-corrected chi connectivity index (χ3v) is 4.93. The van der Waals surface area contributed by atoms with E-state index in [-0.39, 0.29) is 42.3 Å². The highest BCUT2D eigenvalue weighted by atomic mass is 127. The van der Waals surface area contributed by atoms with Crippen molar-refractivity contribution in [2.24, 2.45) is 4.99 Å². The topological polar surface area (TPSA) is 45.7 Å². The Morgan fingerprint density at radius 1 is 1.32 bits per heavy atom. The highest BCUT2D eigenvalue weighted by Crippen LogP contribution is 2.46. The molecule has 1 spiro atoms. The summed E-state index contributed by atoms with van der Waals surface area (Å²) in [6.07, 6.45) is 6.13. The average Bonchev–Trinajstić information content (AvgIpc) is 3.02. The van der Waals surface area contributed by atoms with Gasteiger partial charge in [0.15, 0.2) is 5.96 Å². The van der Waals surface area contributed by atoms with E-state index in [1.165, 1.54) is 18.4 Å². The second-order valence-electron chi connectivity index (χ2n) is 6.73. The number of aliphatic imine (C=N–C) groups is 1. The summed E-state index contributed by atoms with van der Waals surface area (Å²) in [5.74, 6) is 1.75. The molecule has 0 amide bonds. The summed E-state index contributed by atoms with van der Waals surface area (Å²) in [4.78, 5) is 4.50. The molecule has 6 heteroatoms. The molecule has 2 N–H and O–H groups in total. The third-order valence-electron chi connectivity index (χ3n) is 4.93. The minimum absolute atomic E-state index is 0. The molecule has 140 valence electrons. The van der Waals surface area contributed by atoms with Gasteiger partial charge in [0, 0.05) is 25.1 Å². The predicted octanol–water partition coefficient (Wildman–Crippen LogP) is 4.36. The lowest BCUT2D eigenvalue weighted by Crippen LogP contribution is -2.46. The van der Waals surface area contributed by atoms with Crippen molar-refractivity contribution in [2.45, 2.75) is 57.1 Å². The molecule has 4 nitrogen and oxygen atoms in total. The molecule has 2 aliphatic rings. The van der Waals surface area contributed by atoms with E-state index in [0.717, 1.165) is 37.5 Å². The van der Waals surface area contributed by atoms with E-state index in [4.69, 9.17) is 4.74 Å². The summed E-state index contributed by atoms with van der Waals surface area (Å²) >= 11 is 0. The third kappa shape index (κ3) is 4.99. The van der Waals surface area contributed by atoms with E-state index < -0.39 is 0 Å². The molecule has 1 unspecified atom stereocenters. The lowest BCUT2D eigenvalue weighted by molar-refractivity contribution is 0.0396. The second-order valence-corrected chi connectivity index (χ2v) is 6.73. The average molecular weight is 461 g/mol. The van der Waals surface area contributed by atoms with Crippen LogP contribution in [0.15, 0.2) is 29.3 Å². The zero-order valence-corrected chi connectivity index (χ0v) is 17.2. The lowest BCUT2D eigenvalue weighted by atomic mass is 9.86. The highest BCUT2D eigenvalue weighted by molar-refractivity contribution is 14.0. The van der Waals surface area contributed by atoms with Gasteiger partial charge in [0.05, 0.1) is 12.7 Å². The predicted molar refractivity (Wildman–Crippen MR) is 111 cm³/mol. The fraction of sp³-hybridized carbons (Fsp3) is 0.632. The number of alkyl halides is 1. The molecule has 0 aromatic heterocycles. The number of fused-ring (bicyclic) bond motifs is 1. The molecule has 1 aliphatic carbocycles. The van der Waals surface area contributed by atoms with Crippen molar-refractivity contribution in [1.82, 2.24) is 10.6 Å². The van der Waals surface area contributed by atoms with Crippen molar-refractivity contribution in [2.75, 3.05) is 19.8 Å². The first-order valence-electron chi connectivity index (χ1n) is 9.15. The van der Waals surface area contributed by atoms with Crippen LogP contribution in [-0.4, -0.2) is 31.3 Å². The van der Waals surface area contributed by atoms with Crippen LogP contribution in [0.2, 0.25) is 0 Å². The van der Waals surface area contributed by atoms with Gasteiger partial charge in [0.1, 0.15) is 11.4 Å². The maximum Gasteiger partial charge on any atom is 0.191 e. The van der Waals surface area contributed by atoms with Gasteiger partial charge in [0.25, 0.3) is 0 Å². The number of benzene rings is 1. The molecule has 0 bridgehead atoms. The molecule has 1 saturated carbocycles. The largest absolute Gasteiger partial charge is 0.487 e. The van der Waals surface area contributed by atoms with Gasteiger partial charge in [-0.3, -0.25) is 9.38 Å². The summed E-state index contributed by atoms with van der Waals surface area (Å²) in [6, 6.07) is 8.45. The van der Waals surface area contributed by atoms with Crippen LogP contribution >= 0.6 is 24.0 Å². The molecule has 1 fully saturated rings. The van der Waals surface area contributed by atoms with Gasteiger partial charge in [-0.2, -0.15) is 0 Å². The van der Waals surface area contributed by atoms with Crippen LogP contribution in [0.3, 0.4) is 0 Å². The molecule has 1 aromatic rings. The number of halogens is 2. The van der Waals surface area contributed by atoms with Crippen LogP contribution < -0.4 is 15.4 Å². The number of rotatable bonds is 5. The van der Waals surface area contributed by atoms with E-state index in [0.29, 0.717) is 13.0 Å². The SMILES string of the molecule is CCNC(=NCCCF)NC1CC2(CCCC2)Oc2ccccc21.I. The Kier molecular flexibility index (Phi) is 7.78. The molecule has 1 aromatic carbocycles. The van der Waals surface area contributed by atoms with Gasteiger partial charge >= 0.3 is 0 Å². The van der Waals surface area contributed by atoms with Gasteiger partial charge in [-0.25, -0.2) is 0 Å². The number of guanidine groups is 1. The summed E-state index contributed by atoms with van der Waals surface area (Å²) < 4.78 is 18.8. The lowest BCUT2D eigenvalue weighted by Gasteiger charge is -2.40. The Hall–Kier alpha value is -1.05. The summed E-state index contributed by atoms with van der Waals surface area (Å²) in [5, 5.41) is 6.83. The first-order valence-corrected chi connectivity index (χ1v) is 9.15. The van der Waals surface area contributed by atoms with Crippen molar-refractivity contribution in [3.8, 4) is 5.75 Å². The van der Waals surface area contributed by atoms with Crippen LogP contribution in [0.5, 0.6) is 5.75 Å². The molecule has 1 aliphatic heterocycles. The van der Waals surface area contributed by atoms with Gasteiger partial charge < -0.3 is 15.4 Å². The van der Waals surface area contributed by atoms with Crippen LogP contribution in [-0.2, 0) is 0 Å². The molecule has 1 heterocycles. The molecular weight excluding hydrogens is 432 g/mol. The van der Waals surface area contributed by atoms with Crippen molar-refractivity contribution in [3.05, 3.63) is 29.8 Å². The van der Waals surface area contributed by atoms with Crippen LogP contribution in [0.25, 0.3) is 0 Å². The van der Waals surface area contributed by atoms with Gasteiger partial charge in [-0.05, 0) is 45.1 Å². The number of hydrogen-bond acceptors (Lipinski definition) is 2. The Balaban J connectivity index is 0.00000225. The number of para-hydroxylation sites is 1. The molecule has 0 saturated heterocycles. The van der Waals surface area contributed by atoms with E-state index in [9.17, 15) is 4.39 Å². The fourth-order valence-electron chi connectivity index (χ4n) is 3.81. The highest BCUT2D eigenvalue weighted by Gasteiger charge is 2.43. The summed E-state index contributed by atoms with van der Waals surface area (Å²) in [5.41, 5.74) is 1.15. The fourth-order valence-corrected chi connectivity index (χ4v) is 3.81. The molecule has 0 radical (unpaired) electrons. The Morgan fingerprint density at radius 3 is 2.80 bits per heavy atom. The molecule has 3 rings (SSSR count). The molecular formula is C19H29FIN3O. The van der Waals surface area contributed by atoms with Crippen molar-refractivity contribution >= 4 is 29.9 Å². The number of nitrogens with one attached hydrogen (secondary N) is 2. The maximum absolute atomic E-state index is 12.4. The van der Waals surface area contributed by atoms with Gasteiger partial charge in [-0.15, -0.1) is 24.0 Å². The Labute approximate surface area is 167 Å². The van der Waals surface area contributed by atoms with E-state index in [1.54, 1.807) is 0 Å². The quantitative estimate of drug-likeness (QED) is 0.297. The monoisotopic (exact) mass is 461 g/mol. The van der Waals surface area contributed by atoms with Crippen LogP contribution in [0.1, 0.15) is 57.1 Å². The van der Waals surface area contributed by atoms with Gasteiger partial charge in [0.2, 0.25) is 0 Å².